The van der Waals surface area contributed by atoms with E-state index in [2.05, 4.69) is 19.9 Å². The van der Waals surface area contributed by atoms with E-state index in [0.29, 0.717) is 38.5 Å². The molecule has 7 fully saturated rings. The third-order valence-electron chi connectivity index (χ3n) is 17.3. The molecule has 0 spiro atoms. The molecule has 372 valence electrons. The van der Waals surface area contributed by atoms with Gasteiger partial charge in [0.2, 0.25) is 0 Å². The van der Waals surface area contributed by atoms with Crippen molar-refractivity contribution in [1.82, 2.24) is 0 Å². The van der Waals surface area contributed by atoms with Crippen LogP contribution in [0.1, 0.15) is 79.1 Å². The van der Waals surface area contributed by atoms with Crippen LogP contribution >= 0.6 is 0 Å². The van der Waals surface area contributed by atoms with Crippen molar-refractivity contribution in [1.29, 1.82) is 0 Å². The fourth-order valence-electron chi connectivity index (χ4n) is 13.3. The molecule has 0 aromatic heterocycles. The number of carbonyl (C=O) groups excluding carboxylic acids is 1. The minimum Gasteiger partial charge on any atom is -0.394 e. The average molecular weight is 933 g/mol. The maximum atomic E-state index is 14.6. The van der Waals surface area contributed by atoms with Gasteiger partial charge in [-0.15, -0.1) is 0 Å². The van der Waals surface area contributed by atoms with Gasteiger partial charge < -0.3 is 94.4 Å². The lowest BCUT2D eigenvalue weighted by Gasteiger charge is -2.57. The van der Waals surface area contributed by atoms with Crippen molar-refractivity contribution < 1.29 is 99.2 Å². The van der Waals surface area contributed by atoms with Crippen LogP contribution in [0, 0.1) is 46.3 Å². The highest BCUT2D eigenvalue weighted by atomic mass is 16.7. The molecule has 20 heteroatoms. The molecule has 3 saturated carbocycles. The Morgan fingerprint density at radius 1 is 0.754 bits per heavy atom. The quantitative estimate of drug-likeness (QED) is 0.0838. The van der Waals surface area contributed by atoms with Crippen LogP contribution in [-0.4, -0.2) is 204 Å². The zero-order chi connectivity index (χ0) is 47.1. The standard InChI is InChI=1S/C45H72O20/c1-18(17-59-40-36(55)33(52)31(50)26(14-46)61-40)7-10-45(58)19(2)30-25(65-45)12-24-22-6-5-20-11-21(8-9-43(20,3)23(22)13-29(49)44(24,30)4)60-41-38(57)35(54)39(28(16-48)63-41)64-42-37(56)34(53)32(51)27(15-47)62-42/h5,18-19,21-28,30-42,46-48,50-58H,6-17H2,1-4H3. The number of Topliss-reactive ketones (excluding diaryl/α,β-unsaturated/α-hetero) is 1. The predicted octanol–water partition coefficient (Wildman–Crippen LogP) is -2.68. The number of aliphatic hydroxyl groups is 12. The van der Waals surface area contributed by atoms with E-state index in [1.54, 1.807) is 0 Å². The first-order valence-electron chi connectivity index (χ1n) is 23.5. The largest absolute Gasteiger partial charge is 0.394 e. The Balaban J connectivity index is 0.869. The third kappa shape index (κ3) is 8.60. The molecule has 0 radical (unpaired) electrons. The van der Waals surface area contributed by atoms with Crippen molar-refractivity contribution in [2.75, 3.05) is 26.4 Å². The second-order valence-corrected chi connectivity index (χ2v) is 20.9. The summed E-state index contributed by atoms with van der Waals surface area (Å²) in [5.41, 5.74) is 0.155. The molecule has 12 N–H and O–H groups in total. The van der Waals surface area contributed by atoms with E-state index in [1.165, 1.54) is 0 Å². The Labute approximate surface area is 378 Å². The number of allylic oxidation sites excluding steroid dienone is 1. The molecular formula is C45H72O20. The molecule has 0 bridgehead atoms. The number of rotatable bonds is 13. The summed E-state index contributed by atoms with van der Waals surface area (Å²) >= 11 is 0. The van der Waals surface area contributed by atoms with Crippen molar-refractivity contribution in [2.45, 2.75) is 189 Å². The van der Waals surface area contributed by atoms with Crippen molar-refractivity contribution in [3.05, 3.63) is 11.6 Å². The minimum absolute atomic E-state index is 0.0473. The van der Waals surface area contributed by atoms with Gasteiger partial charge in [-0.3, -0.25) is 4.79 Å². The van der Waals surface area contributed by atoms with Crippen LogP contribution in [0.2, 0.25) is 0 Å². The molecule has 8 aliphatic rings. The van der Waals surface area contributed by atoms with Crippen LogP contribution in [0.15, 0.2) is 11.6 Å². The van der Waals surface area contributed by atoms with Crippen LogP contribution in [0.5, 0.6) is 0 Å². The van der Waals surface area contributed by atoms with E-state index >= 15 is 0 Å². The van der Waals surface area contributed by atoms with Gasteiger partial charge in [-0.2, -0.15) is 0 Å². The first kappa shape index (κ1) is 50.1. The minimum atomic E-state index is -1.78. The van der Waals surface area contributed by atoms with Crippen LogP contribution in [-0.2, 0) is 38.0 Å². The molecule has 8 rings (SSSR count). The van der Waals surface area contributed by atoms with Crippen LogP contribution in [0.25, 0.3) is 0 Å². The molecule has 26 atom stereocenters. The van der Waals surface area contributed by atoms with Crippen LogP contribution in [0.4, 0.5) is 0 Å². The Bertz CT molecular complexity index is 1700. The first-order valence-corrected chi connectivity index (χ1v) is 23.5. The van der Waals surface area contributed by atoms with Gasteiger partial charge in [0.25, 0.3) is 0 Å². The summed E-state index contributed by atoms with van der Waals surface area (Å²) in [6.07, 6.45) is -16.5. The van der Waals surface area contributed by atoms with Crippen molar-refractivity contribution in [2.24, 2.45) is 46.3 Å². The summed E-state index contributed by atoms with van der Waals surface area (Å²) in [7, 11) is 0. The fourth-order valence-corrected chi connectivity index (χ4v) is 13.3. The summed E-state index contributed by atoms with van der Waals surface area (Å²) in [6.45, 7) is 6.34. The highest BCUT2D eigenvalue weighted by Gasteiger charge is 2.71. The highest BCUT2D eigenvalue weighted by molar-refractivity contribution is 5.87. The Kier molecular flexibility index (Phi) is 14.7. The Morgan fingerprint density at radius 3 is 1.98 bits per heavy atom. The molecule has 4 saturated heterocycles. The van der Waals surface area contributed by atoms with Gasteiger partial charge in [-0.05, 0) is 67.6 Å². The van der Waals surface area contributed by atoms with Gasteiger partial charge in [0.15, 0.2) is 24.7 Å². The van der Waals surface area contributed by atoms with Crippen LogP contribution < -0.4 is 0 Å². The lowest BCUT2D eigenvalue weighted by Crippen LogP contribution is -2.65. The van der Waals surface area contributed by atoms with Crippen molar-refractivity contribution >= 4 is 5.78 Å². The van der Waals surface area contributed by atoms with Gasteiger partial charge in [-0.1, -0.05) is 39.3 Å². The molecule has 26 unspecified atom stereocenters. The number of hydrogen-bond acceptors (Lipinski definition) is 20. The van der Waals surface area contributed by atoms with E-state index in [4.69, 9.17) is 33.2 Å². The van der Waals surface area contributed by atoms with E-state index in [1.807, 2.05) is 13.8 Å². The number of ether oxygens (including phenoxy) is 7. The lowest BCUT2D eigenvalue weighted by molar-refractivity contribution is -0.363. The molecular weight excluding hydrogens is 860 g/mol. The molecule has 20 nitrogen and oxygen atoms in total. The zero-order valence-electron chi connectivity index (χ0n) is 37.5. The molecule has 0 aromatic carbocycles. The van der Waals surface area contributed by atoms with E-state index < -0.39 is 129 Å². The zero-order valence-corrected chi connectivity index (χ0v) is 37.5. The summed E-state index contributed by atoms with van der Waals surface area (Å²) < 4.78 is 41.1. The van der Waals surface area contributed by atoms with Gasteiger partial charge in [0.05, 0.1) is 38.6 Å². The topological polar surface area (TPSA) is 324 Å². The van der Waals surface area contributed by atoms with E-state index in [9.17, 15) is 66.1 Å². The number of fused-ring (bicyclic) bond motifs is 7. The molecule has 0 amide bonds. The number of carbonyl (C=O) groups is 1. The molecule has 65 heavy (non-hydrogen) atoms. The van der Waals surface area contributed by atoms with E-state index in [0.717, 1.165) is 12.0 Å². The summed E-state index contributed by atoms with van der Waals surface area (Å²) in [4.78, 5) is 14.6. The molecule has 4 heterocycles. The summed E-state index contributed by atoms with van der Waals surface area (Å²) in [5.74, 6) is -1.61. The van der Waals surface area contributed by atoms with Crippen molar-refractivity contribution in [3.8, 4) is 0 Å². The smallest absolute Gasteiger partial charge is 0.187 e. The van der Waals surface area contributed by atoms with Gasteiger partial charge in [0.1, 0.15) is 79.0 Å². The number of aliphatic hydroxyl groups excluding tert-OH is 11. The highest BCUT2D eigenvalue weighted by Crippen LogP contribution is 2.69. The Hall–Kier alpha value is -1.35. The normalized spacial score (nSPS) is 53.7. The molecule has 4 aliphatic carbocycles. The Morgan fingerprint density at radius 2 is 1.34 bits per heavy atom. The number of hydrogen-bond donors (Lipinski definition) is 12. The fraction of sp³-hybridized carbons (Fsp3) is 0.933. The molecule has 4 aliphatic heterocycles. The van der Waals surface area contributed by atoms with Gasteiger partial charge in [0, 0.05) is 30.1 Å². The average Bonchev–Trinajstić information content (AvgIpc) is 3.73. The lowest BCUT2D eigenvalue weighted by atomic mass is 9.46. The maximum Gasteiger partial charge on any atom is 0.187 e. The third-order valence-corrected chi connectivity index (χ3v) is 17.3. The summed E-state index contributed by atoms with van der Waals surface area (Å²) in [6, 6.07) is 0. The maximum absolute atomic E-state index is 14.6. The van der Waals surface area contributed by atoms with Crippen LogP contribution in [0.3, 0.4) is 0 Å². The summed E-state index contributed by atoms with van der Waals surface area (Å²) in [5, 5.41) is 125. The monoisotopic (exact) mass is 932 g/mol. The second-order valence-electron chi connectivity index (χ2n) is 20.9. The van der Waals surface area contributed by atoms with Gasteiger partial charge in [-0.25, -0.2) is 0 Å². The van der Waals surface area contributed by atoms with E-state index in [-0.39, 0.29) is 65.8 Å². The van der Waals surface area contributed by atoms with Crippen molar-refractivity contribution in [3.63, 3.8) is 0 Å². The SMILES string of the molecule is CC(CCC1(O)OC2CC3C4CC=C5CC(OC6OC(CO)C(OC7OC(CO)C(O)C(O)C7O)C(O)C6O)CCC5(C)C4CC(=O)C3(C)C2C1C)COC1OC(CO)C(O)C(O)C1O. The first-order chi connectivity index (χ1) is 30.7. The van der Waals surface area contributed by atoms with Gasteiger partial charge >= 0.3 is 0 Å². The second kappa shape index (κ2) is 19.1. The molecule has 0 aromatic rings. The number of ketones is 1. The predicted molar refractivity (Wildman–Crippen MR) is 219 cm³/mol.